The maximum absolute atomic E-state index is 5.74. The van der Waals surface area contributed by atoms with Crippen LogP contribution in [0.25, 0.3) is 0 Å². The Morgan fingerprint density at radius 1 is 1.11 bits per heavy atom. The molecule has 0 saturated carbocycles. The van der Waals surface area contributed by atoms with E-state index in [0.29, 0.717) is 12.0 Å². The molecule has 2 nitrogen and oxygen atoms in total. The van der Waals surface area contributed by atoms with Gasteiger partial charge in [-0.05, 0) is 24.9 Å². The van der Waals surface area contributed by atoms with Gasteiger partial charge in [-0.2, -0.15) is 0 Å². The van der Waals surface area contributed by atoms with Gasteiger partial charge in [0.25, 0.3) is 0 Å². The van der Waals surface area contributed by atoms with Crippen molar-refractivity contribution in [3.05, 3.63) is 35.9 Å². The summed E-state index contributed by atoms with van der Waals surface area (Å²) in [6.07, 6.45) is 2.22. The lowest BCUT2D eigenvalue weighted by Crippen LogP contribution is -2.38. The Balaban J connectivity index is 2.67. The summed E-state index contributed by atoms with van der Waals surface area (Å²) in [4.78, 5) is 0. The highest BCUT2D eigenvalue weighted by molar-refractivity contribution is 5.21. The first kappa shape index (κ1) is 15.2. The van der Waals surface area contributed by atoms with Crippen molar-refractivity contribution in [2.45, 2.75) is 45.6 Å². The van der Waals surface area contributed by atoms with Gasteiger partial charge in [0.05, 0.1) is 6.61 Å². The van der Waals surface area contributed by atoms with Crippen molar-refractivity contribution in [3.63, 3.8) is 0 Å². The average molecular weight is 249 g/mol. The number of nitrogens with one attached hydrogen (secondary N) is 1. The van der Waals surface area contributed by atoms with E-state index >= 15 is 0 Å². The molecule has 2 atom stereocenters. The van der Waals surface area contributed by atoms with Crippen molar-refractivity contribution in [2.75, 3.05) is 19.8 Å². The van der Waals surface area contributed by atoms with Gasteiger partial charge in [0, 0.05) is 18.6 Å². The summed E-state index contributed by atoms with van der Waals surface area (Å²) in [7, 11) is 0. The molecule has 0 aliphatic carbocycles. The van der Waals surface area contributed by atoms with Crippen LogP contribution in [-0.2, 0) is 4.74 Å². The van der Waals surface area contributed by atoms with Crippen LogP contribution in [0.15, 0.2) is 30.3 Å². The van der Waals surface area contributed by atoms with Crippen LogP contribution >= 0.6 is 0 Å². The molecule has 0 spiro atoms. The maximum Gasteiger partial charge on any atom is 0.0625 e. The smallest absolute Gasteiger partial charge is 0.0625 e. The Morgan fingerprint density at radius 3 is 2.39 bits per heavy atom. The maximum atomic E-state index is 5.74. The van der Waals surface area contributed by atoms with Gasteiger partial charge in [-0.15, -0.1) is 0 Å². The Morgan fingerprint density at radius 2 is 1.83 bits per heavy atom. The number of ether oxygens (including phenoxy) is 1. The zero-order chi connectivity index (χ0) is 13.2. The Kier molecular flexibility index (Phi) is 7.70. The fourth-order valence-electron chi connectivity index (χ4n) is 2.39. The number of likely N-dealkylation sites (N-methyl/N-ethyl adjacent to an activating group) is 1. The first-order valence-electron chi connectivity index (χ1n) is 7.19. The summed E-state index contributed by atoms with van der Waals surface area (Å²) < 4.78 is 5.74. The number of benzene rings is 1. The van der Waals surface area contributed by atoms with Gasteiger partial charge in [-0.3, -0.25) is 0 Å². The molecule has 18 heavy (non-hydrogen) atoms. The predicted octanol–water partition coefficient (Wildman–Crippen LogP) is 3.58. The van der Waals surface area contributed by atoms with Gasteiger partial charge in [-0.1, -0.05) is 51.1 Å². The highest BCUT2D eigenvalue weighted by atomic mass is 16.5. The van der Waals surface area contributed by atoms with Crippen LogP contribution in [0.4, 0.5) is 0 Å². The third kappa shape index (κ3) is 4.79. The SMILES string of the molecule is CCCOCC(NCC)C(CC)c1ccccc1. The van der Waals surface area contributed by atoms with Crippen LogP contribution in [0.3, 0.4) is 0 Å². The molecule has 102 valence electrons. The molecule has 1 aromatic rings. The molecule has 1 N–H and O–H groups in total. The van der Waals surface area contributed by atoms with E-state index in [-0.39, 0.29) is 0 Å². The molecule has 0 saturated heterocycles. The van der Waals surface area contributed by atoms with Gasteiger partial charge < -0.3 is 10.1 Å². The van der Waals surface area contributed by atoms with Gasteiger partial charge in [0.1, 0.15) is 0 Å². The predicted molar refractivity (Wildman–Crippen MR) is 78.0 cm³/mol. The first-order chi connectivity index (χ1) is 8.83. The molecule has 0 radical (unpaired) electrons. The summed E-state index contributed by atoms with van der Waals surface area (Å²) in [5.74, 6) is 0.531. The van der Waals surface area contributed by atoms with Crippen molar-refractivity contribution in [2.24, 2.45) is 0 Å². The largest absolute Gasteiger partial charge is 0.380 e. The van der Waals surface area contributed by atoms with Crippen LogP contribution in [0, 0.1) is 0 Å². The zero-order valence-corrected chi connectivity index (χ0v) is 12.0. The Hall–Kier alpha value is -0.860. The summed E-state index contributed by atoms with van der Waals surface area (Å²) >= 11 is 0. The van der Waals surface area contributed by atoms with E-state index in [1.54, 1.807) is 0 Å². The highest BCUT2D eigenvalue weighted by Crippen LogP contribution is 2.23. The van der Waals surface area contributed by atoms with Gasteiger partial charge >= 0.3 is 0 Å². The lowest BCUT2D eigenvalue weighted by atomic mass is 9.89. The molecule has 0 aromatic heterocycles. The molecule has 2 heteroatoms. The monoisotopic (exact) mass is 249 g/mol. The molecular formula is C16H27NO. The lowest BCUT2D eigenvalue weighted by molar-refractivity contribution is 0.103. The van der Waals surface area contributed by atoms with Crippen LogP contribution in [-0.4, -0.2) is 25.8 Å². The second kappa shape index (κ2) is 9.12. The summed E-state index contributed by atoms with van der Waals surface area (Å²) in [5.41, 5.74) is 1.41. The minimum Gasteiger partial charge on any atom is -0.380 e. The number of rotatable bonds is 9. The fourth-order valence-corrected chi connectivity index (χ4v) is 2.39. The fraction of sp³-hybridized carbons (Fsp3) is 0.625. The first-order valence-corrected chi connectivity index (χ1v) is 7.19. The Bertz CT molecular complexity index is 299. The topological polar surface area (TPSA) is 21.3 Å². The van der Waals surface area contributed by atoms with Crippen LogP contribution in [0.2, 0.25) is 0 Å². The molecule has 0 bridgehead atoms. The third-order valence-corrected chi connectivity index (χ3v) is 3.27. The molecule has 0 aliphatic rings. The van der Waals surface area contributed by atoms with E-state index in [2.05, 4.69) is 56.4 Å². The molecule has 1 rings (SSSR count). The molecule has 1 aromatic carbocycles. The van der Waals surface area contributed by atoms with E-state index in [0.717, 1.165) is 32.6 Å². The van der Waals surface area contributed by atoms with Crippen molar-refractivity contribution in [3.8, 4) is 0 Å². The lowest BCUT2D eigenvalue weighted by Gasteiger charge is -2.27. The zero-order valence-electron chi connectivity index (χ0n) is 12.0. The van der Waals surface area contributed by atoms with E-state index in [1.165, 1.54) is 5.56 Å². The number of hydrogen-bond acceptors (Lipinski definition) is 2. The minimum absolute atomic E-state index is 0.411. The van der Waals surface area contributed by atoms with Crippen LogP contribution < -0.4 is 5.32 Å². The van der Waals surface area contributed by atoms with E-state index in [9.17, 15) is 0 Å². The molecule has 0 aliphatic heterocycles. The normalized spacial score (nSPS) is 14.4. The number of hydrogen-bond donors (Lipinski definition) is 1. The summed E-state index contributed by atoms with van der Waals surface area (Å²) in [5, 5.41) is 3.57. The van der Waals surface area contributed by atoms with E-state index in [4.69, 9.17) is 4.74 Å². The second-order valence-electron chi connectivity index (χ2n) is 4.66. The van der Waals surface area contributed by atoms with Gasteiger partial charge in [0.2, 0.25) is 0 Å². The van der Waals surface area contributed by atoms with E-state index < -0.39 is 0 Å². The van der Waals surface area contributed by atoms with Crippen molar-refractivity contribution < 1.29 is 4.74 Å². The minimum atomic E-state index is 0.411. The molecule has 0 fully saturated rings. The van der Waals surface area contributed by atoms with Crippen LogP contribution in [0.5, 0.6) is 0 Å². The standard InChI is InChI=1S/C16H27NO/c1-4-12-18-13-16(17-6-3)15(5-2)14-10-8-7-9-11-14/h7-11,15-17H,4-6,12-13H2,1-3H3. The van der Waals surface area contributed by atoms with E-state index in [1.807, 2.05) is 0 Å². The summed E-state index contributed by atoms with van der Waals surface area (Å²) in [6, 6.07) is 11.2. The van der Waals surface area contributed by atoms with Crippen molar-refractivity contribution >= 4 is 0 Å². The second-order valence-corrected chi connectivity index (χ2v) is 4.66. The van der Waals surface area contributed by atoms with Crippen molar-refractivity contribution in [1.29, 1.82) is 0 Å². The average Bonchev–Trinajstić information content (AvgIpc) is 2.41. The Labute approximate surface area is 112 Å². The molecule has 0 amide bonds. The highest BCUT2D eigenvalue weighted by Gasteiger charge is 2.20. The molecule has 2 unspecified atom stereocenters. The molecular weight excluding hydrogens is 222 g/mol. The quantitative estimate of drug-likeness (QED) is 0.675. The van der Waals surface area contributed by atoms with Gasteiger partial charge in [0.15, 0.2) is 0 Å². The van der Waals surface area contributed by atoms with Gasteiger partial charge in [-0.25, -0.2) is 0 Å². The van der Waals surface area contributed by atoms with Crippen LogP contribution in [0.1, 0.15) is 45.1 Å². The molecule has 0 heterocycles. The summed E-state index contributed by atoms with van der Waals surface area (Å²) in [6.45, 7) is 9.20. The van der Waals surface area contributed by atoms with Crippen molar-refractivity contribution in [1.82, 2.24) is 5.32 Å². The third-order valence-electron chi connectivity index (χ3n) is 3.27.